The monoisotopic (exact) mass is 263 g/mol. The Kier molecular flexibility index (Phi) is 3.74. The minimum atomic E-state index is -0.946. The van der Waals surface area contributed by atoms with Crippen LogP contribution in [0.15, 0.2) is 36.4 Å². The van der Waals surface area contributed by atoms with E-state index in [4.69, 9.17) is 16.7 Å². The molecule has 1 aromatic carbocycles. The molecule has 18 heavy (non-hydrogen) atoms. The number of carbonyl (C=O) groups is 1. The molecule has 0 aliphatic carbocycles. The SMILES string of the molecule is O=C(O)CNc1ccc(-c2ccc(Cl)cc2)nn1. The topological polar surface area (TPSA) is 75.1 Å². The van der Waals surface area contributed by atoms with E-state index in [1.807, 2.05) is 12.1 Å². The Morgan fingerprint density at radius 1 is 1.17 bits per heavy atom. The number of aromatic nitrogens is 2. The Morgan fingerprint density at radius 2 is 1.89 bits per heavy atom. The van der Waals surface area contributed by atoms with Gasteiger partial charge in [-0.2, -0.15) is 0 Å². The van der Waals surface area contributed by atoms with Crippen LogP contribution < -0.4 is 5.32 Å². The quantitative estimate of drug-likeness (QED) is 0.885. The van der Waals surface area contributed by atoms with E-state index < -0.39 is 5.97 Å². The lowest BCUT2D eigenvalue weighted by Gasteiger charge is -2.03. The number of carboxylic acid groups (broad SMARTS) is 1. The molecule has 0 aliphatic rings. The molecule has 0 saturated heterocycles. The van der Waals surface area contributed by atoms with Gasteiger partial charge in [0.2, 0.25) is 0 Å². The van der Waals surface area contributed by atoms with Gasteiger partial charge in [-0.3, -0.25) is 4.79 Å². The Labute approximate surface area is 108 Å². The van der Waals surface area contributed by atoms with Crippen LogP contribution in [0.25, 0.3) is 11.3 Å². The van der Waals surface area contributed by atoms with Crippen LogP contribution in [0, 0.1) is 0 Å². The van der Waals surface area contributed by atoms with Crippen LogP contribution in [0.3, 0.4) is 0 Å². The Balaban J connectivity index is 2.12. The summed E-state index contributed by atoms with van der Waals surface area (Å²) in [7, 11) is 0. The zero-order chi connectivity index (χ0) is 13.0. The molecule has 1 heterocycles. The van der Waals surface area contributed by atoms with Crippen molar-refractivity contribution in [2.45, 2.75) is 0 Å². The molecule has 2 rings (SSSR count). The summed E-state index contributed by atoms with van der Waals surface area (Å²) >= 11 is 5.79. The van der Waals surface area contributed by atoms with Gasteiger partial charge >= 0.3 is 5.97 Å². The average Bonchev–Trinajstić information content (AvgIpc) is 2.38. The average molecular weight is 264 g/mol. The van der Waals surface area contributed by atoms with Crippen molar-refractivity contribution in [2.75, 3.05) is 11.9 Å². The molecule has 92 valence electrons. The van der Waals surface area contributed by atoms with Gasteiger partial charge in [0, 0.05) is 10.6 Å². The first-order chi connectivity index (χ1) is 8.65. The summed E-state index contributed by atoms with van der Waals surface area (Å²) in [6, 6.07) is 10.7. The van der Waals surface area contributed by atoms with Gasteiger partial charge in [0.05, 0.1) is 5.69 Å². The second-order valence-corrected chi connectivity index (χ2v) is 3.99. The highest BCUT2D eigenvalue weighted by atomic mass is 35.5. The molecule has 0 fully saturated rings. The normalized spacial score (nSPS) is 10.1. The molecule has 2 N–H and O–H groups in total. The van der Waals surface area contributed by atoms with Gasteiger partial charge in [-0.15, -0.1) is 10.2 Å². The lowest BCUT2D eigenvalue weighted by molar-refractivity contribution is -0.134. The third kappa shape index (κ3) is 3.18. The van der Waals surface area contributed by atoms with Crippen molar-refractivity contribution >= 4 is 23.4 Å². The summed E-state index contributed by atoms with van der Waals surface area (Å²) in [6.07, 6.45) is 0. The van der Waals surface area contributed by atoms with Crippen molar-refractivity contribution in [1.29, 1.82) is 0 Å². The van der Waals surface area contributed by atoms with Crippen LogP contribution in [0.5, 0.6) is 0 Å². The largest absolute Gasteiger partial charge is 0.480 e. The molecule has 0 bridgehead atoms. The number of hydrogen-bond acceptors (Lipinski definition) is 4. The lowest BCUT2D eigenvalue weighted by atomic mass is 10.1. The summed E-state index contributed by atoms with van der Waals surface area (Å²) < 4.78 is 0. The predicted octanol–water partition coefficient (Wildman–Crippen LogP) is 2.29. The molecule has 5 nitrogen and oxygen atoms in total. The number of aliphatic carboxylic acids is 1. The molecule has 0 saturated carbocycles. The van der Waals surface area contributed by atoms with Crippen LogP contribution in [0.1, 0.15) is 0 Å². The molecule has 0 atom stereocenters. The molecule has 0 unspecified atom stereocenters. The van der Waals surface area contributed by atoms with Crippen LogP contribution in [0.4, 0.5) is 5.82 Å². The first kappa shape index (κ1) is 12.3. The molecule has 0 amide bonds. The first-order valence-electron chi connectivity index (χ1n) is 5.20. The van der Waals surface area contributed by atoms with Crippen molar-refractivity contribution in [3.8, 4) is 11.3 Å². The predicted molar refractivity (Wildman–Crippen MR) is 68.6 cm³/mol. The highest BCUT2D eigenvalue weighted by Crippen LogP contribution is 2.19. The van der Waals surface area contributed by atoms with Crippen molar-refractivity contribution in [2.24, 2.45) is 0 Å². The van der Waals surface area contributed by atoms with Gasteiger partial charge in [-0.1, -0.05) is 23.7 Å². The first-order valence-corrected chi connectivity index (χ1v) is 5.58. The van der Waals surface area contributed by atoms with E-state index in [9.17, 15) is 4.79 Å². The smallest absolute Gasteiger partial charge is 0.322 e. The number of nitrogens with one attached hydrogen (secondary N) is 1. The van der Waals surface area contributed by atoms with Crippen LogP contribution in [-0.4, -0.2) is 27.8 Å². The summed E-state index contributed by atoms with van der Waals surface area (Å²) in [5, 5.41) is 19.7. The summed E-state index contributed by atoms with van der Waals surface area (Å²) in [6.45, 7) is -0.186. The standard InChI is InChI=1S/C12H10ClN3O2/c13-9-3-1-8(2-4-9)10-5-6-11(16-15-10)14-7-12(17)18/h1-6H,7H2,(H,14,16)(H,17,18). The van der Waals surface area contributed by atoms with E-state index in [-0.39, 0.29) is 6.54 Å². The maximum Gasteiger partial charge on any atom is 0.322 e. The van der Waals surface area contributed by atoms with Crippen molar-refractivity contribution in [1.82, 2.24) is 10.2 Å². The lowest BCUT2D eigenvalue weighted by Crippen LogP contribution is -2.13. The van der Waals surface area contributed by atoms with Gasteiger partial charge < -0.3 is 10.4 Å². The van der Waals surface area contributed by atoms with E-state index in [1.54, 1.807) is 24.3 Å². The molecule has 1 aromatic heterocycles. The summed E-state index contributed by atoms with van der Waals surface area (Å²) in [5.41, 5.74) is 1.60. The molecular formula is C12H10ClN3O2. The number of benzene rings is 1. The summed E-state index contributed by atoms with van der Waals surface area (Å²) in [4.78, 5) is 10.4. The highest BCUT2D eigenvalue weighted by Gasteiger charge is 2.02. The number of anilines is 1. The minimum Gasteiger partial charge on any atom is -0.480 e. The second-order valence-electron chi connectivity index (χ2n) is 3.56. The Bertz CT molecular complexity index is 540. The zero-order valence-corrected chi connectivity index (χ0v) is 10.1. The fourth-order valence-electron chi connectivity index (χ4n) is 1.37. The summed E-state index contributed by atoms with van der Waals surface area (Å²) in [5.74, 6) is -0.520. The molecule has 6 heteroatoms. The molecule has 0 aliphatic heterocycles. The third-order valence-electron chi connectivity index (χ3n) is 2.23. The van der Waals surface area contributed by atoms with Gasteiger partial charge in [0.25, 0.3) is 0 Å². The van der Waals surface area contributed by atoms with E-state index in [0.717, 1.165) is 5.56 Å². The van der Waals surface area contributed by atoms with Crippen molar-refractivity contribution in [3.63, 3.8) is 0 Å². The third-order valence-corrected chi connectivity index (χ3v) is 2.48. The van der Waals surface area contributed by atoms with Crippen molar-refractivity contribution in [3.05, 3.63) is 41.4 Å². The van der Waals surface area contributed by atoms with Gasteiger partial charge in [0.1, 0.15) is 12.4 Å². The maximum atomic E-state index is 10.4. The highest BCUT2D eigenvalue weighted by molar-refractivity contribution is 6.30. The van der Waals surface area contributed by atoms with Gasteiger partial charge in [0.15, 0.2) is 0 Å². The number of rotatable bonds is 4. The number of hydrogen-bond donors (Lipinski definition) is 2. The Morgan fingerprint density at radius 3 is 2.44 bits per heavy atom. The van der Waals surface area contributed by atoms with Crippen molar-refractivity contribution < 1.29 is 9.90 Å². The van der Waals surface area contributed by atoms with E-state index in [0.29, 0.717) is 16.5 Å². The van der Waals surface area contributed by atoms with Crippen LogP contribution >= 0.6 is 11.6 Å². The fraction of sp³-hybridized carbons (Fsp3) is 0.0833. The molecule has 2 aromatic rings. The fourth-order valence-corrected chi connectivity index (χ4v) is 1.49. The van der Waals surface area contributed by atoms with Gasteiger partial charge in [-0.25, -0.2) is 0 Å². The van der Waals surface area contributed by atoms with E-state index in [2.05, 4.69) is 15.5 Å². The Hall–Kier alpha value is -2.14. The number of halogens is 1. The number of carboxylic acids is 1. The minimum absolute atomic E-state index is 0.186. The van der Waals surface area contributed by atoms with Crippen LogP contribution in [0.2, 0.25) is 5.02 Å². The molecule has 0 radical (unpaired) electrons. The zero-order valence-electron chi connectivity index (χ0n) is 9.30. The molecular weight excluding hydrogens is 254 g/mol. The van der Waals surface area contributed by atoms with E-state index in [1.165, 1.54) is 0 Å². The van der Waals surface area contributed by atoms with Gasteiger partial charge in [-0.05, 0) is 24.3 Å². The molecule has 0 spiro atoms. The van der Waals surface area contributed by atoms with Crippen LogP contribution in [-0.2, 0) is 4.79 Å². The second kappa shape index (κ2) is 5.46. The van der Waals surface area contributed by atoms with E-state index >= 15 is 0 Å². The number of nitrogens with zero attached hydrogens (tertiary/aromatic N) is 2. The maximum absolute atomic E-state index is 10.4.